The van der Waals surface area contributed by atoms with E-state index in [0.717, 1.165) is 12.1 Å². The molecule has 0 aliphatic carbocycles. The van der Waals surface area contributed by atoms with Crippen LogP contribution in [0.3, 0.4) is 0 Å². The summed E-state index contributed by atoms with van der Waals surface area (Å²) in [6, 6.07) is 2.50. The first-order chi connectivity index (χ1) is 9.88. The molecule has 1 rings (SSSR count). The van der Waals surface area contributed by atoms with Gasteiger partial charge in [0.15, 0.2) is 11.6 Å². The van der Waals surface area contributed by atoms with Gasteiger partial charge >= 0.3 is 5.97 Å². The van der Waals surface area contributed by atoms with Gasteiger partial charge in [-0.05, 0) is 23.6 Å². The number of carbonyl (C=O) groups is 2. The molecule has 0 saturated carbocycles. The van der Waals surface area contributed by atoms with Crippen LogP contribution in [0.4, 0.5) is 8.78 Å². The number of esters is 1. The van der Waals surface area contributed by atoms with Crippen LogP contribution in [0.2, 0.25) is 0 Å². The van der Waals surface area contributed by atoms with Crippen molar-refractivity contribution in [1.29, 1.82) is 0 Å². The first-order valence-corrected chi connectivity index (χ1v) is 6.70. The highest BCUT2D eigenvalue weighted by Crippen LogP contribution is 2.12. The Morgan fingerprint density at radius 3 is 2.48 bits per heavy atom. The number of hydrogen-bond acceptors (Lipinski definition) is 3. The zero-order valence-corrected chi connectivity index (χ0v) is 12.3. The molecule has 0 aromatic heterocycles. The van der Waals surface area contributed by atoms with Crippen molar-refractivity contribution in [3.05, 3.63) is 35.4 Å². The molecular formula is C15H19F2NO3. The van der Waals surface area contributed by atoms with E-state index in [9.17, 15) is 18.4 Å². The first kappa shape index (κ1) is 17.1. The van der Waals surface area contributed by atoms with E-state index in [1.807, 2.05) is 13.8 Å². The third-order valence-electron chi connectivity index (χ3n) is 3.33. The fourth-order valence-electron chi connectivity index (χ4n) is 1.86. The summed E-state index contributed by atoms with van der Waals surface area (Å²) in [5.74, 6) is -3.04. The number of carbonyl (C=O) groups excluding carboxylic acids is 2. The molecule has 1 aromatic carbocycles. The van der Waals surface area contributed by atoms with Crippen molar-refractivity contribution in [1.82, 2.24) is 5.32 Å². The van der Waals surface area contributed by atoms with Gasteiger partial charge in [-0.15, -0.1) is 0 Å². The predicted octanol–water partition coefficient (Wildman–Crippen LogP) is 2.21. The van der Waals surface area contributed by atoms with E-state index in [1.165, 1.54) is 13.2 Å². The van der Waals surface area contributed by atoms with Gasteiger partial charge in [0.2, 0.25) is 5.91 Å². The van der Waals surface area contributed by atoms with Gasteiger partial charge in [0, 0.05) is 0 Å². The maximum Gasteiger partial charge on any atom is 0.328 e. The normalized spacial score (nSPS) is 13.4. The quantitative estimate of drug-likeness (QED) is 0.819. The fourth-order valence-corrected chi connectivity index (χ4v) is 1.86. The van der Waals surface area contributed by atoms with Crippen molar-refractivity contribution in [2.45, 2.75) is 32.7 Å². The van der Waals surface area contributed by atoms with Crippen LogP contribution >= 0.6 is 0 Å². The Morgan fingerprint density at radius 2 is 1.95 bits per heavy atom. The van der Waals surface area contributed by atoms with Crippen LogP contribution in [0, 0.1) is 17.6 Å². The summed E-state index contributed by atoms with van der Waals surface area (Å²) in [7, 11) is 1.25. The molecule has 0 bridgehead atoms. The number of benzene rings is 1. The van der Waals surface area contributed by atoms with Crippen LogP contribution in [0.5, 0.6) is 0 Å². The summed E-state index contributed by atoms with van der Waals surface area (Å²) < 4.78 is 30.5. The summed E-state index contributed by atoms with van der Waals surface area (Å²) in [5, 5.41) is 2.57. The van der Waals surface area contributed by atoms with Crippen molar-refractivity contribution >= 4 is 11.9 Å². The minimum Gasteiger partial charge on any atom is -0.467 e. The van der Waals surface area contributed by atoms with Gasteiger partial charge in [0.25, 0.3) is 0 Å². The Labute approximate surface area is 122 Å². The van der Waals surface area contributed by atoms with Crippen molar-refractivity contribution in [2.24, 2.45) is 5.92 Å². The fraction of sp³-hybridized carbons (Fsp3) is 0.467. The molecular weight excluding hydrogens is 280 g/mol. The van der Waals surface area contributed by atoms with E-state index in [-0.39, 0.29) is 12.3 Å². The van der Waals surface area contributed by atoms with Crippen molar-refractivity contribution in [3.63, 3.8) is 0 Å². The summed E-state index contributed by atoms with van der Waals surface area (Å²) >= 11 is 0. The molecule has 4 nitrogen and oxygen atoms in total. The van der Waals surface area contributed by atoms with Gasteiger partial charge in [-0.2, -0.15) is 0 Å². The second-order valence-electron chi connectivity index (χ2n) is 4.88. The minimum atomic E-state index is -1.01. The molecule has 1 N–H and O–H groups in total. The van der Waals surface area contributed by atoms with Crippen molar-refractivity contribution in [2.75, 3.05) is 7.11 Å². The molecule has 21 heavy (non-hydrogen) atoms. The Balaban J connectivity index is 2.73. The first-order valence-electron chi connectivity index (χ1n) is 6.70. The third-order valence-corrected chi connectivity index (χ3v) is 3.33. The lowest BCUT2D eigenvalue weighted by Crippen LogP contribution is -2.46. The summed E-state index contributed by atoms with van der Waals surface area (Å²) in [5.41, 5.74) is 0.333. The van der Waals surface area contributed by atoms with E-state index in [1.54, 1.807) is 0 Å². The standard InChI is InChI=1S/C15H19F2NO3/c1-4-9(2)14(15(20)21-3)18-13(19)8-10-5-6-11(16)12(17)7-10/h5-7,9,14H,4,8H2,1-3H3,(H,18,19)/t9-,14-/m0/s1. The zero-order chi connectivity index (χ0) is 16.0. The molecule has 0 aliphatic rings. The second-order valence-corrected chi connectivity index (χ2v) is 4.88. The predicted molar refractivity (Wildman–Crippen MR) is 73.5 cm³/mol. The molecule has 0 aliphatic heterocycles. The maximum absolute atomic E-state index is 13.1. The van der Waals surface area contributed by atoms with Crippen molar-refractivity contribution < 1.29 is 23.1 Å². The molecule has 0 heterocycles. The van der Waals surface area contributed by atoms with E-state index in [2.05, 4.69) is 10.1 Å². The molecule has 2 atom stereocenters. The Morgan fingerprint density at radius 1 is 1.29 bits per heavy atom. The van der Waals surface area contributed by atoms with Crippen LogP contribution in [0.15, 0.2) is 18.2 Å². The van der Waals surface area contributed by atoms with E-state index in [0.29, 0.717) is 12.0 Å². The molecule has 116 valence electrons. The van der Waals surface area contributed by atoms with E-state index >= 15 is 0 Å². The van der Waals surface area contributed by atoms with Crippen molar-refractivity contribution in [3.8, 4) is 0 Å². The minimum absolute atomic E-state index is 0.0913. The number of rotatable bonds is 6. The highest BCUT2D eigenvalue weighted by Gasteiger charge is 2.26. The Hall–Kier alpha value is -1.98. The van der Waals surface area contributed by atoms with Gasteiger partial charge in [-0.25, -0.2) is 13.6 Å². The number of nitrogens with one attached hydrogen (secondary N) is 1. The van der Waals surface area contributed by atoms with Gasteiger partial charge in [0.1, 0.15) is 6.04 Å². The van der Waals surface area contributed by atoms with Crippen LogP contribution in [0.25, 0.3) is 0 Å². The lowest BCUT2D eigenvalue weighted by Gasteiger charge is -2.21. The number of halogens is 2. The largest absolute Gasteiger partial charge is 0.467 e. The monoisotopic (exact) mass is 299 g/mol. The van der Waals surface area contributed by atoms with Crippen LogP contribution in [0.1, 0.15) is 25.8 Å². The summed E-state index contributed by atoms with van der Waals surface area (Å²) in [6.45, 7) is 3.71. The molecule has 1 aromatic rings. The Kier molecular flexibility index (Phi) is 6.27. The molecule has 0 saturated heterocycles. The summed E-state index contributed by atoms with van der Waals surface area (Å²) in [4.78, 5) is 23.6. The van der Waals surface area contributed by atoms with Crippen LogP contribution in [-0.4, -0.2) is 25.0 Å². The lowest BCUT2D eigenvalue weighted by atomic mass is 9.99. The summed E-state index contributed by atoms with van der Waals surface area (Å²) in [6.07, 6.45) is 0.548. The molecule has 0 radical (unpaired) electrons. The highest BCUT2D eigenvalue weighted by atomic mass is 19.2. The molecule has 1 amide bonds. The molecule has 0 fully saturated rings. The number of ether oxygens (including phenoxy) is 1. The van der Waals surface area contributed by atoms with Gasteiger partial charge < -0.3 is 10.1 Å². The zero-order valence-electron chi connectivity index (χ0n) is 12.3. The average Bonchev–Trinajstić information content (AvgIpc) is 2.47. The number of hydrogen-bond donors (Lipinski definition) is 1. The van der Waals surface area contributed by atoms with Crippen LogP contribution < -0.4 is 5.32 Å². The van der Waals surface area contributed by atoms with E-state index < -0.39 is 29.6 Å². The molecule has 0 unspecified atom stereocenters. The second kappa shape index (κ2) is 7.71. The lowest BCUT2D eigenvalue weighted by molar-refractivity contribution is -0.146. The van der Waals surface area contributed by atoms with Gasteiger partial charge in [0.05, 0.1) is 13.5 Å². The Bertz CT molecular complexity index is 520. The smallest absolute Gasteiger partial charge is 0.328 e. The highest BCUT2D eigenvalue weighted by molar-refractivity contribution is 5.85. The van der Waals surface area contributed by atoms with Gasteiger partial charge in [-0.3, -0.25) is 4.79 Å². The number of amides is 1. The van der Waals surface area contributed by atoms with Crippen LogP contribution in [-0.2, 0) is 20.7 Å². The third kappa shape index (κ3) is 4.81. The maximum atomic E-state index is 13.1. The average molecular weight is 299 g/mol. The SMILES string of the molecule is CC[C@H](C)[C@H](NC(=O)Cc1ccc(F)c(F)c1)C(=O)OC. The number of methoxy groups -OCH3 is 1. The van der Waals surface area contributed by atoms with E-state index in [4.69, 9.17) is 0 Å². The van der Waals surface area contributed by atoms with Gasteiger partial charge in [-0.1, -0.05) is 26.3 Å². The molecule has 0 spiro atoms. The molecule has 6 heteroatoms. The topological polar surface area (TPSA) is 55.4 Å².